The summed E-state index contributed by atoms with van der Waals surface area (Å²) in [6, 6.07) is 0. The van der Waals surface area contributed by atoms with Crippen molar-refractivity contribution in [1.82, 2.24) is 9.97 Å². The third kappa shape index (κ3) is 1.29. The number of hydrogen-bond donors (Lipinski definition) is 0. The van der Waals surface area contributed by atoms with Crippen LogP contribution in [0.5, 0.6) is 0 Å². The highest BCUT2D eigenvalue weighted by Crippen LogP contribution is 1.93. The average molecular weight is 138 g/mol. The van der Waals surface area contributed by atoms with Gasteiger partial charge >= 0.3 is 0 Å². The number of hydrogen-bond acceptors (Lipinski definition) is 3. The molecule has 0 aromatic carbocycles. The summed E-state index contributed by atoms with van der Waals surface area (Å²) in [5, 5.41) is 1.53. The lowest BCUT2D eigenvalue weighted by Crippen LogP contribution is -1.91. The summed E-state index contributed by atoms with van der Waals surface area (Å²) < 4.78 is 0. The summed E-state index contributed by atoms with van der Waals surface area (Å²) in [7, 11) is 0. The SMILES string of the molecule is Cc1nccnc1C=S. The Morgan fingerprint density at radius 3 is 2.56 bits per heavy atom. The number of nitrogens with zero attached hydrogens (tertiary/aromatic N) is 2. The highest BCUT2D eigenvalue weighted by atomic mass is 32.1. The molecule has 0 saturated carbocycles. The van der Waals surface area contributed by atoms with Crippen molar-refractivity contribution < 1.29 is 0 Å². The number of thiocarbonyl (C=S) groups is 1. The van der Waals surface area contributed by atoms with Crippen LogP contribution in [0.15, 0.2) is 12.4 Å². The molecule has 1 rings (SSSR count). The van der Waals surface area contributed by atoms with Crippen LogP contribution in [0, 0.1) is 6.92 Å². The lowest BCUT2D eigenvalue weighted by molar-refractivity contribution is 1.11. The first-order valence-electron chi connectivity index (χ1n) is 2.57. The van der Waals surface area contributed by atoms with E-state index in [4.69, 9.17) is 0 Å². The van der Waals surface area contributed by atoms with Crippen LogP contribution in [-0.2, 0) is 0 Å². The van der Waals surface area contributed by atoms with E-state index in [2.05, 4.69) is 22.2 Å². The molecule has 46 valence electrons. The molecule has 0 bridgehead atoms. The van der Waals surface area contributed by atoms with Crippen molar-refractivity contribution in [1.29, 1.82) is 0 Å². The van der Waals surface area contributed by atoms with Gasteiger partial charge < -0.3 is 0 Å². The molecular weight excluding hydrogens is 132 g/mol. The molecule has 1 aromatic heterocycles. The molecular formula is C6H6N2S. The van der Waals surface area contributed by atoms with E-state index in [-0.39, 0.29) is 0 Å². The van der Waals surface area contributed by atoms with Gasteiger partial charge in [-0.1, -0.05) is 12.2 Å². The van der Waals surface area contributed by atoms with Crippen LogP contribution in [0.3, 0.4) is 0 Å². The first kappa shape index (κ1) is 6.29. The quantitative estimate of drug-likeness (QED) is 0.544. The van der Waals surface area contributed by atoms with E-state index in [9.17, 15) is 0 Å². The molecule has 0 aliphatic heterocycles. The zero-order chi connectivity index (χ0) is 6.69. The monoisotopic (exact) mass is 138 g/mol. The zero-order valence-electron chi connectivity index (χ0n) is 5.03. The predicted molar refractivity (Wildman–Crippen MR) is 39.5 cm³/mol. The van der Waals surface area contributed by atoms with Crippen molar-refractivity contribution >= 4 is 17.6 Å². The Labute approximate surface area is 59.0 Å². The predicted octanol–water partition coefficient (Wildman–Crippen LogP) is 1.13. The van der Waals surface area contributed by atoms with E-state index in [1.807, 2.05) is 6.92 Å². The Hall–Kier alpha value is -0.830. The molecule has 0 aliphatic rings. The Bertz CT molecular complexity index is 222. The van der Waals surface area contributed by atoms with Gasteiger partial charge in [0.2, 0.25) is 0 Å². The van der Waals surface area contributed by atoms with E-state index in [1.165, 1.54) is 5.37 Å². The van der Waals surface area contributed by atoms with Crippen molar-refractivity contribution in [3.8, 4) is 0 Å². The van der Waals surface area contributed by atoms with Crippen molar-refractivity contribution in [2.24, 2.45) is 0 Å². The van der Waals surface area contributed by atoms with Crippen molar-refractivity contribution in [2.45, 2.75) is 6.92 Å². The molecule has 0 radical (unpaired) electrons. The van der Waals surface area contributed by atoms with Gasteiger partial charge in [-0.05, 0) is 6.92 Å². The number of aromatic nitrogens is 2. The molecule has 0 saturated heterocycles. The second-order valence-electron chi connectivity index (χ2n) is 1.64. The van der Waals surface area contributed by atoms with E-state index in [1.54, 1.807) is 12.4 Å². The summed E-state index contributed by atoms with van der Waals surface area (Å²) in [5.74, 6) is 0. The van der Waals surface area contributed by atoms with Gasteiger partial charge in [0.15, 0.2) is 0 Å². The average Bonchev–Trinajstić information content (AvgIpc) is 1.89. The van der Waals surface area contributed by atoms with E-state index in [0.717, 1.165) is 11.4 Å². The first-order chi connectivity index (χ1) is 4.34. The molecule has 0 atom stereocenters. The van der Waals surface area contributed by atoms with Crippen molar-refractivity contribution in [3.63, 3.8) is 0 Å². The van der Waals surface area contributed by atoms with E-state index in [0.29, 0.717) is 0 Å². The first-order valence-corrected chi connectivity index (χ1v) is 3.04. The molecule has 0 fully saturated rings. The van der Waals surface area contributed by atoms with Crippen LogP contribution in [0.4, 0.5) is 0 Å². The minimum absolute atomic E-state index is 0.785. The maximum atomic E-state index is 4.68. The summed E-state index contributed by atoms with van der Waals surface area (Å²) in [5.41, 5.74) is 1.67. The van der Waals surface area contributed by atoms with Gasteiger partial charge in [0, 0.05) is 17.8 Å². The molecule has 0 unspecified atom stereocenters. The Morgan fingerprint density at radius 2 is 2.11 bits per heavy atom. The van der Waals surface area contributed by atoms with Gasteiger partial charge in [-0.2, -0.15) is 0 Å². The normalized spacial score (nSPS) is 9.00. The largest absolute Gasteiger partial charge is 0.258 e. The molecule has 3 heteroatoms. The van der Waals surface area contributed by atoms with Crippen LogP contribution >= 0.6 is 12.2 Å². The van der Waals surface area contributed by atoms with Gasteiger partial charge in [0.1, 0.15) is 0 Å². The molecule has 0 amide bonds. The molecule has 0 spiro atoms. The van der Waals surface area contributed by atoms with Gasteiger partial charge in [-0.25, -0.2) is 0 Å². The van der Waals surface area contributed by atoms with E-state index >= 15 is 0 Å². The van der Waals surface area contributed by atoms with Gasteiger partial charge in [0.05, 0.1) is 11.4 Å². The van der Waals surface area contributed by atoms with Crippen molar-refractivity contribution in [2.75, 3.05) is 0 Å². The second kappa shape index (κ2) is 2.64. The fourth-order valence-electron chi connectivity index (χ4n) is 0.534. The fraction of sp³-hybridized carbons (Fsp3) is 0.167. The van der Waals surface area contributed by atoms with Crippen LogP contribution in [0.1, 0.15) is 11.4 Å². The highest BCUT2D eigenvalue weighted by Gasteiger charge is 1.91. The topological polar surface area (TPSA) is 25.8 Å². The number of rotatable bonds is 1. The lowest BCUT2D eigenvalue weighted by atomic mass is 10.4. The molecule has 1 aromatic rings. The van der Waals surface area contributed by atoms with E-state index < -0.39 is 0 Å². The smallest absolute Gasteiger partial charge is 0.0949 e. The third-order valence-corrected chi connectivity index (χ3v) is 1.25. The Morgan fingerprint density at radius 1 is 1.44 bits per heavy atom. The maximum absolute atomic E-state index is 4.68. The molecule has 2 nitrogen and oxygen atoms in total. The molecule has 9 heavy (non-hydrogen) atoms. The minimum atomic E-state index is 0.785. The fourth-order valence-corrected chi connectivity index (χ4v) is 0.765. The lowest BCUT2D eigenvalue weighted by Gasteiger charge is -1.92. The van der Waals surface area contributed by atoms with Gasteiger partial charge in [-0.15, -0.1) is 0 Å². The van der Waals surface area contributed by atoms with Crippen LogP contribution in [0.25, 0.3) is 0 Å². The van der Waals surface area contributed by atoms with Crippen LogP contribution in [0.2, 0.25) is 0 Å². The van der Waals surface area contributed by atoms with Gasteiger partial charge in [0.25, 0.3) is 0 Å². The second-order valence-corrected chi connectivity index (χ2v) is 1.88. The number of aryl methyl sites for hydroxylation is 1. The Kier molecular flexibility index (Phi) is 1.85. The third-order valence-electron chi connectivity index (χ3n) is 1.03. The standard InChI is InChI=1S/C6H6N2S/c1-5-6(4-9)8-3-2-7-5/h2-4H,1H3. The summed E-state index contributed by atoms with van der Waals surface area (Å²) in [4.78, 5) is 7.96. The summed E-state index contributed by atoms with van der Waals surface area (Å²) in [6.45, 7) is 1.88. The molecule has 0 N–H and O–H groups in total. The maximum Gasteiger partial charge on any atom is 0.0949 e. The van der Waals surface area contributed by atoms with Crippen LogP contribution in [-0.4, -0.2) is 15.3 Å². The minimum Gasteiger partial charge on any atom is -0.258 e. The Balaban J connectivity index is 3.15. The molecule has 0 aliphatic carbocycles. The van der Waals surface area contributed by atoms with Crippen molar-refractivity contribution in [3.05, 3.63) is 23.8 Å². The summed E-state index contributed by atoms with van der Waals surface area (Å²) in [6.07, 6.45) is 3.28. The van der Waals surface area contributed by atoms with Crippen LogP contribution < -0.4 is 0 Å². The molecule has 1 heterocycles. The zero-order valence-corrected chi connectivity index (χ0v) is 5.85. The highest BCUT2D eigenvalue weighted by molar-refractivity contribution is 7.79. The summed E-state index contributed by atoms with van der Waals surface area (Å²) >= 11 is 4.68. The van der Waals surface area contributed by atoms with Gasteiger partial charge in [-0.3, -0.25) is 9.97 Å².